The lowest BCUT2D eigenvalue weighted by Crippen LogP contribution is -2.36. The number of carbonyl (C=O) groups excluding carboxylic acids is 2. The highest BCUT2D eigenvalue weighted by Gasteiger charge is 2.18. The van der Waals surface area contributed by atoms with E-state index < -0.39 is 16.9 Å². The number of nitro groups is 1. The van der Waals surface area contributed by atoms with E-state index in [0.29, 0.717) is 16.9 Å². The number of guanidine groups is 1. The fraction of sp³-hybridized carbons (Fsp3) is 0.192. The van der Waals surface area contributed by atoms with Gasteiger partial charge in [0.25, 0.3) is 11.6 Å². The first-order valence-electron chi connectivity index (χ1n) is 11.8. The molecule has 0 radical (unpaired) electrons. The number of nitro benzene ring substituents is 1. The topological polar surface area (TPSA) is 179 Å². The van der Waals surface area contributed by atoms with E-state index >= 15 is 0 Å². The molecule has 0 saturated heterocycles. The predicted octanol–water partition coefficient (Wildman–Crippen LogP) is 5.17. The van der Waals surface area contributed by atoms with Crippen molar-refractivity contribution in [1.29, 1.82) is 5.53 Å². The number of anilines is 2. The van der Waals surface area contributed by atoms with Crippen LogP contribution in [0.25, 0.3) is 0 Å². The Bertz CT molecular complexity index is 1320. The van der Waals surface area contributed by atoms with E-state index in [-0.39, 0.29) is 18.2 Å². The third kappa shape index (κ3) is 7.68. The summed E-state index contributed by atoms with van der Waals surface area (Å²) in [7, 11) is 0. The summed E-state index contributed by atoms with van der Waals surface area (Å²) < 4.78 is 0. The van der Waals surface area contributed by atoms with Gasteiger partial charge in [0, 0.05) is 29.1 Å². The summed E-state index contributed by atoms with van der Waals surface area (Å²) in [5.74, 6) is -0.829. The first kappa shape index (κ1) is 27.5. The second-order valence-electron chi connectivity index (χ2n) is 8.33. The van der Waals surface area contributed by atoms with Gasteiger partial charge < -0.3 is 11.1 Å². The van der Waals surface area contributed by atoms with Crippen LogP contribution in [0, 0.1) is 15.6 Å². The number of nitrogens with one attached hydrogen (secondary N) is 3. The fourth-order valence-corrected chi connectivity index (χ4v) is 3.60. The molecule has 0 aliphatic carbocycles. The number of hydrogen-bond donors (Lipinski definition) is 4. The summed E-state index contributed by atoms with van der Waals surface area (Å²) >= 11 is 0. The number of non-ortho nitro benzene ring substituents is 1. The van der Waals surface area contributed by atoms with E-state index in [9.17, 15) is 19.7 Å². The van der Waals surface area contributed by atoms with E-state index in [1.54, 1.807) is 30.3 Å². The van der Waals surface area contributed by atoms with Crippen LogP contribution >= 0.6 is 0 Å². The normalized spacial score (nSPS) is 10.9. The molecule has 0 aliphatic heterocycles. The molecular weight excluding hydrogens is 488 g/mol. The number of nitrogens with two attached hydrogens (primary N) is 1. The van der Waals surface area contributed by atoms with Crippen molar-refractivity contribution in [1.82, 2.24) is 5.32 Å². The summed E-state index contributed by atoms with van der Waals surface area (Å²) in [6.45, 7) is 2.29. The average molecular weight is 517 g/mol. The Morgan fingerprint density at radius 1 is 1.05 bits per heavy atom. The lowest BCUT2D eigenvalue weighted by atomic mass is 10.1. The molecule has 3 aromatic rings. The average Bonchev–Trinajstić information content (AvgIpc) is 2.91. The molecule has 0 aromatic heterocycles. The van der Waals surface area contributed by atoms with Gasteiger partial charge in [-0.05, 0) is 59.5 Å². The van der Waals surface area contributed by atoms with Gasteiger partial charge in [0.2, 0.25) is 5.96 Å². The van der Waals surface area contributed by atoms with Gasteiger partial charge in [-0.3, -0.25) is 25.1 Å². The van der Waals surface area contributed by atoms with E-state index in [2.05, 4.69) is 27.9 Å². The second-order valence-corrected chi connectivity index (χ2v) is 8.33. The third-order valence-electron chi connectivity index (χ3n) is 5.58. The molecule has 3 amide bonds. The number of unbranched alkanes of at least 4 members (excludes halogenated alkanes) is 1. The first-order chi connectivity index (χ1) is 18.3. The summed E-state index contributed by atoms with van der Waals surface area (Å²) in [6.07, 6.45) is 3.07. The maximum atomic E-state index is 13.3. The largest absolute Gasteiger partial charge is 0.368 e. The molecule has 3 aromatic carbocycles. The molecule has 0 bridgehead atoms. The van der Waals surface area contributed by atoms with Crippen LogP contribution in [0.4, 0.5) is 21.9 Å². The minimum atomic E-state index is -0.526. The number of urea groups is 1. The van der Waals surface area contributed by atoms with Crippen molar-refractivity contribution in [2.24, 2.45) is 16.1 Å². The number of hydrogen-bond acceptors (Lipinski definition) is 6. The van der Waals surface area contributed by atoms with Crippen molar-refractivity contribution in [3.05, 3.63) is 99.6 Å². The summed E-state index contributed by atoms with van der Waals surface area (Å²) in [5, 5.41) is 22.2. The summed E-state index contributed by atoms with van der Waals surface area (Å²) in [4.78, 5) is 37.7. The standard InChI is InChI=1S/C26H28N8O4/c1-2-3-5-18-10-14-22(15-11-18)33(26(36)29-21-6-4-7-23(16-21)34(37)38)17-19-8-12-20(13-9-19)24(35)30-25(27)31-32-28/h4,6-16H,2-3,5,17H2,1H3,(H,29,36)(H4,27,28,30,31,35). The highest BCUT2D eigenvalue weighted by Crippen LogP contribution is 2.23. The van der Waals surface area contributed by atoms with E-state index in [4.69, 9.17) is 11.3 Å². The molecule has 0 aliphatic rings. The molecule has 0 fully saturated rings. The number of amides is 3. The predicted molar refractivity (Wildman–Crippen MR) is 144 cm³/mol. The molecule has 3 rings (SSSR count). The quantitative estimate of drug-likeness (QED) is 0.0952. The summed E-state index contributed by atoms with van der Waals surface area (Å²) in [5.41, 5.74) is 15.1. The molecule has 5 N–H and O–H groups in total. The number of carbonyl (C=O) groups is 2. The number of nitrogens with zero attached hydrogens (tertiary/aromatic N) is 4. The van der Waals surface area contributed by atoms with E-state index in [1.807, 2.05) is 24.3 Å². The Morgan fingerprint density at radius 2 is 1.74 bits per heavy atom. The Kier molecular flexibility index (Phi) is 9.58. The van der Waals surface area contributed by atoms with Gasteiger partial charge in [-0.1, -0.05) is 48.8 Å². The number of rotatable bonds is 10. The van der Waals surface area contributed by atoms with Crippen LogP contribution < -0.4 is 21.3 Å². The maximum Gasteiger partial charge on any atom is 0.326 e. The van der Waals surface area contributed by atoms with Gasteiger partial charge in [-0.25, -0.2) is 4.79 Å². The fourth-order valence-electron chi connectivity index (χ4n) is 3.60. The molecule has 0 spiro atoms. The molecule has 12 heteroatoms. The highest BCUT2D eigenvalue weighted by atomic mass is 16.6. The second kappa shape index (κ2) is 13.3. The molecule has 0 heterocycles. The van der Waals surface area contributed by atoms with Crippen LogP contribution in [-0.2, 0) is 13.0 Å². The van der Waals surface area contributed by atoms with Gasteiger partial charge in [-0.15, -0.1) is 0 Å². The van der Waals surface area contributed by atoms with Crippen LogP contribution in [0.2, 0.25) is 0 Å². The lowest BCUT2D eigenvalue weighted by Gasteiger charge is -2.24. The molecular formula is C26H28N8O4. The molecule has 0 saturated carbocycles. The van der Waals surface area contributed by atoms with Crippen molar-refractivity contribution in [3.8, 4) is 0 Å². The Balaban J connectivity index is 1.83. The van der Waals surface area contributed by atoms with Gasteiger partial charge in [0.15, 0.2) is 0 Å². The first-order valence-corrected chi connectivity index (χ1v) is 11.8. The molecule has 0 unspecified atom stereocenters. The maximum absolute atomic E-state index is 13.3. The zero-order valence-corrected chi connectivity index (χ0v) is 20.8. The smallest absolute Gasteiger partial charge is 0.326 e. The van der Waals surface area contributed by atoms with Crippen LogP contribution in [0.3, 0.4) is 0 Å². The minimum Gasteiger partial charge on any atom is -0.368 e. The van der Waals surface area contributed by atoms with Gasteiger partial charge in [0.1, 0.15) is 0 Å². The zero-order valence-electron chi connectivity index (χ0n) is 20.8. The minimum absolute atomic E-state index is 0.134. The molecule has 196 valence electrons. The Labute approximate surface area is 219 Å². The zero-order chi connectivity index (χ0) is 27.5. The molecule has 12 nitrogen and oxygen atoms in total. The lowest BCUT2D eigenvalue weighted by molar-refractivity contribution is -0.384. The van der Waals surface area contributed by atoms with Gasteiger partial charge in [-0.2, -0.15) is 5.53 Å². The van der Waals surface area contributed by atoms with Crippen LogP contribution in [0.15, 0.2) is 83.1 Å². The van der Waals surface area contributed by atoms with Crippen molar-refractivity contribution < 1.29 is 14.5 Å². The van der Waals surface area contributed by atoms with Crippen molar-refractivity contribution >= 4 is 35.0 Å². The van der Waals surface area contributed by atoms with Crippen LogP contribution in [-0.4, -0.2) is 22.8 Å². The number of benzene rings is 3. The van der Waals surface area contributed by atoms with Gasteiger partial charge in [0.05, 0.1) is 11.5 Å². The molecule has 0 atom stereocenters. The van der Waals surface area contributed by atoms with E-state index in [1.165, 1.54) is 23.1 Å². The molecule has 38 heavy (non-hydrogen) atoms. The Morgan fingerprint density at radius 3 is 2.37 bits per heavy atom. The monoisotopic (exact) mass is 516 g/mol. The summed E-state index contributed by atoms with van der Waals surface area (Å²) in [6, 6.07) is 19.4. The Hall–Kier alpha value is -5.13. The van der Waals surface area contributed by atoms with Crippen molar-refractivity contribution in [2.45, 2.75) is 32.7 Å². The highest BCUT2D eigenvalue weighted by molar-refractivity contribution is 6.05. The van der Waals surface area contributed by atoms with Crippen molar-refractivity contribution in [3.63, 3.8) is 0 Å². The van der Waals surface area contributed by atoms with Crippen LogP contribution in [0.1, 0.15) is 41.3 Å². The van der Waals surface area contributed by atoms with Crippen LogP contribution in [0.5, 0.6) is 0 Å². The SMILES string of the molecule is CCCCc1ccc(N(Cc2ccc(C(=O)N/C(N)=N/N=N)cc2)C(=O)Nc2cccc([N+](=O)[O-])c2)cc1. The number of aryl methyl sites for hydroxylation is 1. The van der Waals surface area contributed by atoms with E-state index in [0.717, 1.165) is 30.4 Å². The van der Waals surface area contributed by atoms with Crippen molar-refractivity contribution in [2.75, 3.05) is 10.2 Å². The third-order valence-corrected chi connectivity index (χ3v) is 5.58. The van der Waals surface area contributed by atoms with Gasteiger partial charge >= 0.3 is 6.03 Å².